The Kier molecular flexibility index (Phi) is 3.07. The number of aromatic nitrogens is 1. The second kappa shape index (κ2) is 4.74. The molecule has 1 aromatic carbocycles. The SMILES string of the molecule is NC1(CC(=O)c2ccc3cccnc3c2)CCCC1. The molecule has 0 saturated heterocycles. The molecule has 0 radical (unpaired) electrons. The monoisotopic (exact) mass is 254 g/mol. The molecule has 2 N–H and O–H groups in total. The number of benzene rings is 1. The lowest BCUT2D eigenvalue weighted by molar-refractivity contribution is 0.0952. The molecule has 3 heteroatoms. The first-order valence-electron chi connectivity index (χ1n) is 6.83. The van der Waals surface area contributed by atoms with Gasteiger partial charge in [-0.05, 0) is 25.0 Å². The quantitative estimate of drug-likeness (QED) is 0.856. The zero-order valence-electron chi connectivity index (χ0n) is 10.9. The summed E-state index contributed by atoms with van der Waals surface area (Å²) in [6.45, 7) is 0. The smallest absolute Gasteiger partial charge is 0.164 e. The normalized spacial score (nSPS) is 17.7. The van der Waals surface area contributed by atoms with E-state index in [1.165, 1.54) is 0 Å². The van der Waals surface area contributed by atoms with Crippen LogP contribution in [0.3, 0.4) is 0 Å². The van der Waals surface area contributed by atoms with Crippen LogP contribution in [0.4, 0.5) is 0 Å². The number of hydrogen-bond acceptors (Lipinski definition) is 3. The minimum atomic E-state index is -0.282. The van der Waals surface area contributed by atoms with Crippen molar-refractivity contribution in [1.82, 2.24) is 4.98 Å². The van der Waals surface area contributed by atoms with E-state index in [4.69, 9.17) is 5.73 Å². The lowest BCUT2D eigenvalue weighted by Crippen LogP contribution is -2.38. The highest BCUT2D eigenvalue weighted by Gasteiger charge is 2.31. The predicted octanol–water partition coefficient (Wildman–Crippen LogP) is 3.08. The van der Waals surface area contributed by atoms with E-state index < -0.39 is 0 Å². The predicted molar refractivity (Wildman–Crippen MR) is 76.1 cm³/mol. The van der Waals surface area contributed by atoms with E-state index in [1.807, 2.05) is 30.3 Å². The summed E-state index contributed by atoms with van der Waals surface area (Å²) < 4.78 is 0. The van der Waals surface area contributed by atoms with Gasteiger partial charge >= 0.3 is 0 Å². The maximum Gasteiger partial charge on any atom is 0.164 e. The molecule has 0 amide bonds. The highest BCUT2D eigenvalue weighted by atomic mass is 16.1. The lowest BCUT2D eigenvalue weighted by Gasteiger charge is -2.22. The molecular formula is C16H18N2O. The van der Waals surface area contributed by atoms with Crippen molar-refractivity contribution in [2.75, 3.05) is 0 Å². The van der Waals surface area contributed by atoms with Gasteiger partial charge in [0.25, 0.3) is 0 Å². The molecule has 1 aliphatic rings. The average molecular weight is 254 g/mol. The number of carbonyl (C=O) groups excluding carboxylic acids is 1. The van der Waals surface area contributed by atoms with Crippen LogP contribution in [0.2, 0.25) is 0 Å². The van der Waals surface area contributed by atoms with Crippen LogP contribution < -0.4 is 5.73 Å². The van der Waals surface area contributed by atoms with E-state index in [0.717, 1.165) is 42.1 Å². The van der Waals surface area contributed by atoms with E-state index in [-0.39, 0.29) is 11.3 Å². The van der Waals surface area contributed by atoms with E-state index in [2.05, 4.69) is 4.98 Å². The van der Waals surface area contributed by atoms with Gasteiger partial charge in [0.2, 0.25) is 0 Å². The first kappa shape index (κ1) is 12.3. The van der Waals surface area contributed by atoms with Crippen molar-refractivity contribution >= 4 is 16.7 Å². The van der Waals surface area contributed by atoms with Gasteiger partial charge in [0.05, 0.1) is 5.52 Å². The van der Waals surface area contributed by atoms with Gasteiger partial charge in [-0.15, -0.1) is 0 Å². The Morgan fingerprint density at radius 1 is 1.26 bits per heavy atom. The van der Waals surface area contributed by atoms with Gasteiger partial charge in [-0.1, -0.05) is 31.0 Å². The fourth-order valence-corrected chi connectivity index (χ4v) is 2.92. The zero-order chi connectivity index (χ0) is 13.3. The Balaban J connectivity index is 1.85. The van der Waals surface area contributed by atoms with Crippen molar-refractivity contribution in [2.45, 2.75) is 37.6 Å². The molecular weight excluding hydrogens is 236 g/mol. The number of rotatable bonds is 3. The third kappa shape index (κ3) is 2.51. The number of ketones is 1. The van der Waals surface area contributed by atoms with Crippen LogP contribution in [0, 0.1) is 0 Å². The van der Waals surface area contributed by atoms with Crippen molar-refractivity contribution in [1.29, 1.82) is 0 Å². The Hall–Kier alpha value is -1.74. The van der Waals surface area contributed by atoms with Gasteiger partial charge in [-0.3, -0.25) is 9.78 Å². The molecule has 2 aromatic rings. The third-order valence-corrected chi connectivity index (χ3v) is 4.04. The van der Waals surface area contributed by atoms with Gasteiger partial charge in [0.1, 0.15) is 0 Å². The summed E-state index contributed by atoms with van der Waals surface area (Å²) in [4.78, 5) is 16.6. The first-order valence-corrected chi connectivity index (χ1v) is 6.83. The number of hydrogen-bond donors (Lipinski definition) is 1. The van der Waals surface area contributed by atoms with Crippen molar-refractivity contribution in [3.63, 3.8) is 0 Å². The molecule has 3 rings (SSSR count). The van der Waals surface area contributed by atoms with Gasteiger partial charge < -0.3 is 5.73 Å². The number of nitrogens with two attached hydrogens (primary N) is 1. The van der Waals surface area contributed by atoms with Gasteiger partial charge in [0, 0.05) is 29.1 Å². The Morgan fingerprint density at radius 3 is 2.84 bits per heavy atom. The van der Waals surface area contributed by atoms with Crippen molar-refractivity contribution in [3.8, 4) is 0 Å². The van der Waals surface area contributed by atoms with E-state index in [1.54, 1.807) is 6.20 Å². The fourth-order valence-electron chi connectivity index (χ4n) is 2.92. The van der Waals surface area contributed by atoms with Crippen molar-refractivity contribution in [3.05, 3.63) is 42.1 Å². The first-order chi connectivity index (χ1) is 9.16. The summed E-state index contributed by atoms with van der Waals surface area (Å²) >= 11 is 0. The molecule has 0 atom stereocenters. The number of pyridine rings is 1. The molecule has 1 aromatic heterocycles. The molecule has 0 aliphatic heterocycles. The highest BCUT2D eigenvalue weighted by Crippen LogP contribution is 2.31. The minimum Gasteiger partial charge on any atom is -0.325 e. The maximum atomic E-state index is 12.3. The molecule has 0 unspecified atom stereocenters. The summed E-state index contributed by atoms with van der Waals surface area (Å²) in [5.41, 5.74) is 7.58. The third-order valence-electron chi connectivity index (χ3n) is 4.04. The summed E-state index contributed by atoms with van der Waals surface area (Å²) in [5.74, 6) is 0.136. The summed E-state index contributed by atoms with van der Waals surface area (Å²) in [5, 5.41) is 1.06. The average Bonchev–Trinajstić information content (AvgIpc) is 2.84. The largest absolute Gasteiger partial charge is 0.325 e. The van der Waals surface area contributed by atoms with Gasteiger partial charge in [0.15, 0.2) is 5.78 Å². The summed E-state index contributed by atoms with van der Waals surface area (Å²) in [7, 11) is 0. The lowest BCUT2D eigenvalue weighted by atomic mass is 9.90. The Labute approximate surface area is 112 Å². The molecule has 1 heterocycles. The molecule has 0 bridgehead atoms. The number of fused-ring (bicyclic) bond motifs is 1. The van der Waals surface area contributed by atoms with Crippen LogP contribution in [0.1, 0.15) is 42.5 Å². The fraction of sp³-hybridized carbons (Fsp3) is 0.375. The standard InChI is InChI=1S/C16H18N2O/c17-16(7-1-2-8-16)11-15(19)13-6-5-12-4-3-9-18-14(12)10-13/h3-6,9-10H,1-2,7-8,11,17H2. The Bertz CT molecular complexity index is 615. The highest BCUT2D eigenvalue weighted by molar-refractivity contribution is 5.99. The zero-order valence-corrected chi connectivity index (χ0v) is 10.9. The van der Waals surface area contributed by atoms with Crippen LogP contribution >= 0.6 is 0 Å². The summed E-state index contributed by atoms with van der Waals surface area (Å²) in [6, 6.07) is 9.60. The van der Waals surface area contributed by atoms with E-state index in [0.29, 0.717) is 6.42 Å². The molecule has 1 aliphatic carbocycles. The van der Waals surface area contributed by atoms with E-state index >= 15 is 0 Å². The van der Waals surface area contributed by atoms with Gasteiger partial charge in [-0.2, -0.15) is 0 Å². The van der Waals surface area contributed by atoms with Crippen LogP contribution in [0.25, 0.3) is 10.9 Å². The molecule has 3 nitrogen and oxygen atoms in total. The maximum absolute atomic E-state index is 12.3. The molecule has 1 fully saturated rings. The van der Waals surface area contributed by atoms with Crippen LogP contribution in [-0.4, -0.2) is 16.3 Å². The second-order valence-corrected chi connectivity index (χ2v) is 5.58. The number of Topliss-reactive ketones (excluding diaryl/α,β-unsaturated/α-hetero) is 1. The summed E-state index contributed by atoms with van der Waals surface area (Å²) in [6.07, 6.45) is 6.41. The minimum absolute atomic E-state index is 0.136. The van der Waals surface area contributed by atoms with Crippen LogP contribution in [-0.2, 0) is 0 Å². The van der Waals surface area contributed by atoms with Crippen molar-refractivity contribution < 1.29 is 4.79 Å². The van der Waals surface area contributed by atoms with Crippen LogP contribution in [0.5, 0.6) is 0 Å². The van der Waals surface area contributed by atoms with Crippen molar-refractivity contribution in [2.24, 2.45) is 5.73 Å². The molecule has 98 valence electrons. The van der Waals surface area contributed by atoms with E-state index in [9.17, 15) is 4.79 Å². The molecule has 0 spiro atoms. The molecule has 1 saturated carbocycles. The van der Waals surface area contributed by atoms with Crippen LogP contribution in [0.15, 0.2) is 36.5 Å². The molecule has 19 heavy (non-hydrogen) atoms. The number of nitrogens with zero attached hydrogens (tertiary/aromatic N) is 1. The second-order valence-electron chi connectivity index (χ2n) is 5.58. The van der Waals surface area contributed by atoms with Gasteiger partial charge in [-0.25, -0.2) is 0 Å². The topological polar surface area (TPSA) is 56.0 Å². The number of carbonyl (C=O) groups is 1. The Morgan fingerprint density at radius 2 is 2.05 bits per heavy atom.